The smallest absolute Gasteiger partial charge is 0.120 e. The summed E-state index contributed by atoms with van der Waals surface area (Å²) in [4.78, 5) is 2.43. The number of hydrogen-bond donors (Lipinski definition) is 1. The minimum absolute atomic E-state index is 0.124. The van der Waals surface area contributed by atoms with E-state index in [1.165, 1.54) is 0 Å². The molecular formula is C17H23NO3. The number of benzene rings is 1. The number of aliphatic hydroxyl groups is 1. The Morgan fingerprint density at radius 1 is 1.48 bits per heavy atom. The lowest BCUT2D eigenvalue weighted by atomic mass is 10.2. The van der Waals surface area contributed by atoms with Crippen LogP contribution in [0.5, 0.6) is 5.75 Å². The van der Waals surface area contributed by atoms with Gasteiger partial charge in [0.05, 0.1) is 13.2 Å². The number of rotatable bonds is 5. The van der Waals surface area contributed by atoms with Crippen molar-refractivity contribution in [2.75, 3.05) is 39.5 Å². The molecule has 114 valence electrons. The molecular weight excluding hydrogens is 266 g/mol. The van der Waals surface area contributed by atoms with Gasteiger partial charge in [-0.2, -0.15) is 0 Å². The first-order valence-electron chi connectivity index (χ1n) is 7.48. The van der Waals surface area contributed by atoms with E-state index < -0.39 is 0 Å². The molecule has 0 aliphatic carbocycles. The van der Waals surface area contributed by atoms with Gasteiger partial charge in [0, 0.05) is 24.7 Å². The fraction of sp³-hybridized carbons (Fsp3) is 0.529. The summed E-state index contributed by atoms with van der Waals surface area (Å²) in [6, 6.07) is 8.16. The highest BCUT2D eigenvalue weighted by atomic mass is 16.5. The van der Waals surface area contributed by atoms with Crippen molar-refractivity contribution >= 4 is 0 Å². The first-order valence-corrected chi connectivity index (χ1v) is 7.48. The molecule has 0 amide bonds. The summed E-state index contributed by atoms with van der Waals surface area (Å²) in [6.07, 6.45) is 1.10. The monoisotopic (exact) mass is 289 g/mol. The average molecular weight is 289 g/mol. The summed E-state index contributed by atoms with van der Waals surface area (Å²) >= 11 is 0. The lowest BCUT2D eigenvalue weighted by Crippen LogP contribution is -2.46. The van der Waals surface area contributed by atoms with E-state index in [-0.39, 0.29) is 6.61 Å². The van der Waals surface area contributed by atoms with E-state index >= 15 is 0 Å². The third-order valence-corrected chi connectivity index (χ3v) is 3.61. The summed E-state index contributed by atoms with van der Waals surface area (Å²) in [6.45, 7) is 6.24. The quantitative estimate of drug-likeness (QED) is 0.835. The Labute approximate surface area is 126 Å². The van der Waals surface area contributed by atoms with Gasteiger partial charge in [0.25, 0.3) is 0 Å². The van der Waals surface area contributed by atoms with Gasteiger partial charge in [0.1, 0.15) is 19.0 Å². The van der Waals surface area contributed by atoms with Crippen LogP contribution >= 0.6 is 0 Å². The Bertz CT molecular complexity index is 492. The van der Waals surface area contributed by atoms with Crippen LogP contribution in [0.3, 0.4) is 0 Å². The largest absolute Gasteiger partial charge is 0.492 e. The Balaban J connectivity index is 1.82. The zero-order valence-electron chi connectivity index (χ0n) is 12.5. The zero-order valence-corrected chi connectivity index (χ0v) is 12.5. The van der Waals surface area contributed by atoms with Crippen LogP contribution in [0.25, 0.3) is 0 Å². The molecule has 1 saturated heterocycles. The molecule has 0 radical (unpaired) electrons. The molecule has 0 bridgehead atoms. The highest BCUT2D eigenvalue weighted by Crippen LogP contribution is 2.14. The normalized spacial score (nSPS) is 18.9. The van der Waals surface area contributed by atoms with Gasteiger partial charge in [-0.15, -0.1) is 0 Å². The molecule has 4 nitrogen and oxygen atoms in total. The molecule has 1 aliphatic rings. The summed E-state index contributed by atoms with van der Waals surface area (Å²) in [5.74, 6) is 6.35. The summed E-state index contributed by atoms with van der Waals surface area (Å²) in [5, 5.41) is 8.71. The Kier molecular flexibility index (Phi) is 6.55. The van der Waals surface area contributed by atoms with Gasteiger partial charge in [-0.05, 0) is 24.6 Å². The molecule has 1 aromatic carbocycles. The van der Waals surface area contributed by atoms with Gasteiger partial charge in [0.2, 0.25) is 0 Å². The van der Waals surface area contributed by atoms with Gasteiger partial charge in [-0.3, -0.25) is 4.90 Å². The number of ether oxygens (including phenoxy) is 2. The molecule has 0 spiro atoms. The number of aliphatic hydroxyl groups excluding tert-OH is 1. The van der Waals surface area contributed by atoms with Crippen molar-refractivity contribution in [3.63, 3.8) is 0 Å². The topological polar surface area (TPSA) is 41.9 Å². The van der Waals surface area contributed by atoms with Crippen molar-refractivity contribution in [1.29, 1.82) is 0 Å². The minimum atomic E-state index is -0.124. The Hall–Kier alpha value is -1.54. The molecule has 1 atom stereocenters. The molecule has 0 aromatic heterocycles. The third-order valence-electron chi connectivity index (χ3n) is 3.61. The standard InChI is InChI=1S/C17H23NO3/c1-2-16-14-20-11-8-18(16)9-12-21-17-7-3-5-15(13-17)6-4-10-19/h3,5,7,13,16,19H,2,8-12,14H2,1H3. The van der Waals surface area contributed by atoms with Crippen molar-refractivity contribution in [3.05, 3.63) is 29.8 Å². The van der Waals surface area contributed by atoms with Crippen LogP contribution in [0.2, 0.25) is 0 Å². The Morgan fingerprint density at radius 3 is 3.19 bits per heavy atom. The first-order chi connectivity index (χ1) is 10.3. The predicted molar refractivity (Wildman–Crippen MR) is 82.4 cm³/mol. The van der Waals surface area contributed by atoms with Crippen molar-refractivity contribution in [2.24, 2.45) is 0 Å². The van der Waals surface area contributed by atoms with Crippen LogP contribution in [0.1, 0.15) is 18.9 Å². The minimum Gasteiger partial charge on any atom is -0.492 e. The first kappa shape index (κ1) is 15.8. The molecule has 4 heteroatoms. The van der Waals surface area contributed by atoms with Crippen LogP contribution in [0.4, 0.5) is 0 Å². The van der Waals surface area contributed by atoms with E-state index in [1.807, 2.05) is 24.3 Å². The zero-order chi connectivity index (χ0) is 14.9. The average Bonchev–Trinajstić information content (AvgIpc) is 2.54. The molecule has 1 unspecified atom stereocenters. The lowest BCUT2D eigenvalue weighted by Gasteiger charge is -2.34. The number of morpholine rings is 1. The molecule has 0 saturated carbocycles. The van der Waals surface area contributed by atoms with Crippen LogP contribution in [0.15, 0.2) is 24.3 Å². The van der Waals surface area contributed by atoms with E-state index in [4.69, 9.17) is 14.6 Å². The van der Waals surface area contributed by atoms with E-state index in [0.717, 1.165) is 44.0 Å². The van der Waals surface area contributed by atoms with Gasteiger partial charge in [0.15, 0.2) is 0 Å². The summed E-state index contributed by atoms with van der Waals surface area (Å²) < 4.78 is 11.3. The fourth-order valence-corrected chi connectivity index (χ4v) is 2.45. The maximum Gasteiger partial charge on any atom is 0.120 e. The second kappa shape index (κ2) is 8.68. The summed E-state index contributed by atoms with van der Waals surface area (Å²) in [7, 11) is 0. The molecule has 1 heterocycles. The maximum atomic E-state index is 8.71. The maximum absolute atomic E-state index is 8.71. The Morgan fingerprint density at radius 2 is 2.38 bits per heavy atom. The second-order valence-corrected chi connectivity index (χ2v) is 5.01. The highest BCUT2D eigenvalue weighted by Gasteiger charge is 2.20. The molecule has 1 aliphatic heterocycles. The lowest BCUT2D eigenvalue weighted by molar-refractivity contribution is -0.0132. The number of hydrogen-bond acceptors (Lipinski definition) is 4. The number of nitrogens with zero attached hydrogens (tertiary/aromatic N) is 1. The van der Waals surface area contributed by atoms with E-state index in [9.17, 15) is 0 Å². The predicted octanol–water partition coefficient (Wildman–Crippen LogP) is 1.52. The second-order valence-electron chi connectivity index (χ2n) is 5.01. The SMILES string of the molecule is CCC1COCCN1CCOc1cccc(C#CCO)c1. The van der Waals surface area contributed by atoms with Gasteiger partial charge in [-0.25, -0.2) is 0 Å². The van der Waals surface area contributed by atoms with E-state index in [1.54, 1.807) is 0 Å². The van der Waals surface area contributed by atoms with Crippen LogP contribution < -0.4 is 4.74 Å². The van der Waals surface area contributed by atoms with E-state index in [2.05, 4.69) is 23.7 Å². The van der Waals surface area contributed by atoms with E-state index in [0.29, 0.717) is 12.6 Å². The molecule has 2 rings (SSSR count). The van der Waals surface area contributed by atoms with Crippen LogP contribution in [-0.4, -0.2) is 55.6 Å². The fourth-order valence-electron chi connectivity index (χ4n) is 2.45. The van der Waals surface area contributed by atoms with Crippen molar-refractivity contribution in [3.8, 4) is 17.6 Å². The van der Waals surface area contributed by atoms with Crippen molar-refractivity contribution in [1.82, 2.24) is 4.90 Å². The van der Waals surface area contributed by atoms with Gasteiger partial charge >= 0.3 is 0 Å². The highest BCUT2D eigenvalue weighted by molar-refractivity contribution is 5.39. The van der Waals surface area contributed by atoms with Crippen molar-refractivity contribution < 1.29 is 14.6 Å². The molecule has 1 aromatic rings. The van der Waals surface area contributed by atoms with Crippen LogP contribution in [0, 0.1) is 11.8 Å². The third kappa shape index (κ3) is 5.05. The molecule has 21 heavy (non-hydrogen) atoms. The van der Waals surface area contributed by atoms with Crippen LogP contribution in [-0.2, 0) is 4.74 Å². The van der Waals surface area contributed by atoms with Gasteiger partial charge < -0.3 is 14.6 Å². The molecule has 1 fully saturated rings. The molecule has 1 N–H and O–H groups in total. The summed E-state index contributed by atoms with van der Waals surface area (Å²) in [5.41, 5.74) is 0.861. The van der Waals surface area contributed by atoms with Gasteiger partial charge in [-0.1, -0.05) is 24.8 Å². The van der Waals surface area contributed by atoms with Crippen molar-refractivity contribution in [2.45, 2.75) is 19.4 Å².